The summed E-state index contributed by atoms with van der Waals surface area (Å²) in [5.74, 6) is -1.46. The number of aromatic nitrogens is 7. The van der Waals surface area contributed by atoms with E-state index >= 15 is 0 Å². The maximum absolute atomic E-state index is 12.9. The number of thiophene rings is 1. The normalized spacial score (nSPS) is 11.9. The Morgan fingerprint density at radius 1 is 0.918 bits per heavy atom. The van der Waals surface area contributed by atoms with Crippen molar-refractivity contribution < 1.29 is 26.4 Å². The molecule has 0 atom stereocenters. The first-order valence-corrected chi connectivity index (χ1v) is 17.8. The summed E-state index contributed by atoms with van der Waals surface area (Å²) in [6, 6.07) is 17.9. The molecule has 0 amide bonds. The van der Waals surface area contributed by atoms with Crippen LogP contribution in [0.1, 0.15) is 38.1 Å². The van der Waals surface area contributed by atoms with Crippen molar-refractivity contribution in [2.75, 3.05) is 0 Å². The lowest BCUT2D eigenvalue weighted by Gasteiger charge is -2.07. The van der Waals surface area contributed by atoms with Crippen molar-refractivity contribution in [3.05, 3.63) is 122 Å². The summed E-state index contributed by atoms with van der Waals surface area (Å²) in [5, 5.41) is 18.1. The van der Waals surface area contributed by atoms with E-state index in [0.717, 1.165) is 25.3 Å². The largest absolute Gasteiger partial charge is 0.451 e. The molecule has 0 spiro atoms. The minimum Gasteiger partial charge on any atom is -0.301 e. The van der Waals surface area contributed by atoms with E-state index in [1.807, 2.05) is 23.6 Å². The summed E-state index contributed by atoms with van der Waals surface area (Å²) in [5.41, 5.74) is 1.95. The van der Waals surface area contributed by atoms with Crippen LogP contribution in [0.15, 0.2) is 93.3 Å². The molecule has 0 saturated heterocycles. The van der Waals surface area contributed by atoms with E-state index in [4.69, 9.17) is 23.2 Å². The van der Waals surface area contributed by atoms with Crippen LogP contribution in [0.4, 0.5) is 13.2 Å². The van der Waals surface area contributed by atoms with Gasteiger partial charge in [-0.1, -0.05) is 29.3 Å². The van der Waals surface area contributed by atoms with Crippen LogP contribution in [0.3, 0.4) is 0 Å². The second-order valence-corrected chi connectivity index (χ2v) is 14.7. The van der Waals surface area contributed by atoms with Crippen molar-refractivity contribution in [1.82, 2.24) is 33.7 Å². The predicted octanol–water partition coefficient (Wildman–Crippen LogP) is 8.15. The lowest BCUT2D eigenvalue weighted by Crippen LogP contribution is -2.15. The fraction of sp³-hybridized carbons (Fsp3) is 0.129. The van der Waals surface area contributed by atoms with Gasteiger partial charge in [-0.3, -0.25) is 4.79 Å². The monoisotopic (exact) mass is 765 g/mol. The highest BCUT2D eigenvalue weighted by Crippen LogP contribution is 2.35. The Morgan fingerprint density at radius 2 is 1.57 bits per heavy atom. The maximum Gasteiger partial charge on any atom is 0.451 e. The third-order valence-corrected chi connectivity index (χ3v) is 10.9. The fourth-order valence-corrected chi connectivity index (χ4v) is 7.14. The average Bonchev–Trinajstić information content (AvgIpc) is 3.87. The van der Waals surface area contributed by atoms with Crippen molar-refractivity contribution >= 4 is 74.4 Å². The molecule has 0 fully saturated rings. The first kappa shape index (κ1) is 36.1. The molecule has 0 unspecified atom stereocenters. The fourth-order valence-electron chi connectivity index (χ4n) is 4.24. The molecular weight excluding hydrogens is 742 g/mol. The standard InChI is InChI=1S/C16H13ClF3N5OS.C15H11ClN2O2S2/c1-8-12(27-15-22-21-14(24(15)3)16(18,19)20)9(2)25(23-8)13(26)10-4-6-11(17)7-5-10;16-12-3-7-15(8-4-12)22(19,20)18-10-9-13(17-18)5-6-14-2-1-11-21-14/h4-7H,1-3H3;1-11H/b;6-5+. The molecule has 0 N–H and O–H groups in total. The zero-order chi connectivity index (χ0) is 35.5. The van der Waals surface area contributed by atoms with E-state index in [1.165, 1.54) is 42.2 Å². The van der Waals surface area contributed by atoms with Gasteiger partial charge in [-0.15, -0.1) is 21.5 Å². The van der Waals surface area contributed by atoms with Gasteiger partial charge in [0.05, 0.1) is 26.9 Å². The number of carbonyl (C=O) groups excluding carboxylic acids is 1. The van der Waals surface area contributed by atoms with Gasteiger partial charge in [0.2, 0.25) is 5.82 Å². The lowest BCUT2D eigenvalue weighted by atomic mass is 10.2. The molecule has 0 bridgehead atoms. The second kappa shape index (κ2) is 14.7. The maximum atomic E-state index is 12.9. The first-order chi connectivity index (χ1) is 23.1. The molecule has 18 heteroatoms. The van der Waals surface area contributed by atoms with Gasteiger partial charge in [-0.2, -0.15) is 40.6 Å². The Bertz CT molecular complexity index is 2230. The molecule has 0 aliphatic carbocycles. The molecule has 6 aromatic rings. The van der Waals surface area contributed by atoms with Crippen LogP contribution < -0.4 is 0 Å². The molecule has 0 aliphatic rings. The number of nitrogens with zero attached hydrogens (tertiary/aromatic N) is 7. The van der Waals surface area contributed by atoms with E-state index in [2.05, 4.69) is 20.4 Å². The Kier molecular flexibility index (Phi) is 10.8. The summed E-state index contributed by atoms with van der Waals surface area (Å²) < 4.78 is 66.5. The molecule has 2 aromatic carbocycles. The Hall–Kier alpha value is -4.22. The zero-order valence-corrected chi connectivity index (χ0v) is 29.6. The molecule has 4 aromatic heterocycles. The lowest BCUT2D eigenvalue weighted by molar-refractivity contribution is -0.147. The molecular formula is C31H24Cl2F3N7O3S3. The third-order valence-electron chi connectivity index (χ3n) is 6.70. The quantitative estimate of drug-likeness (QED) is 0.160. The van der Waals surface area contributed by atoms with Gasteiger partial charge in [-0.25, -0.2) is 0 Å². The highest BCUT2D eigenvalue weighted by Gasteiger charge is 2.38. The number of hydrogen-bond acceptors (Lipinski definition) is 9. The van der Waals surface area contributed by atoms with E-state index in [9.17, 15) is 26.4 Å². The van der Waals surface area contributed by atoms with E-state index in [0.29, 0.717) is 37.6 Å². The van der Waals surface area contributed by atoms with Gasteiger partial charge in [-0.05, 0) is 104 Å². The number of benzene rings is 2. The van der Waals surface area contributed by atoms with Gasteiger partial charge in [0.15, 0.2) is 5.16 Å². The van der Waals surface area contributed by atoms with E-state index < -0.39 is 22.0 Å². The summed E-state index contributed by atoms with van der Waals surface area (Å²) >= 11 is 14.2. The third kappa shape index (κ3) is 8.33. The first-order valence-electron chi connectivity index (χ1n) is 13.9. The highest BCUT2D eigenvalue weighted by molar-refractivity contribution is 7.99. The summed E-state index contributed by atoms with van der Waals surface area (Å²) in [6.07, 6.45) is 0.503. The summed E-state index contributed by atoms with van der Waals surface area (Å²) in [7, 11) is -2.46. The molecule has 254 valence electrons. The van der Waals surface area contributed by atoms with E-state index in [1.54, 1.807) is 61.6 Å². The molecule has 4 heterocycles. The SMILES string of the molecule is Cc1nn(C(=O)c2ccc(Cl)cc2)c(C)c1Sc1nnc(C(F)(F)F)n1C.O=S(=O)(c1ccc(Cl)cc1)n1ccc(/C=C/c2cccs2)n1. The topological polar surface area (TPSA) is 118 Å². The Balaban J connectivity index is 0.000000195. The molecule has 6 rings (SSSR count). The Morgan fingerprint density at radius 3 is 2.16 bits per heavy atom. The number of hydrogen-bond donors (Lipinski definition) is 0. The van der Waals surface area contributed by atoms with Crippen LogP contribution in [-0.4, -0.2) is 48.1 Å². The Labute approximate surface area is 296 Å². The van der Waals surface area contributed by atoms with Crippen LogP contribution >= 0.6 is 46.3 Å². The highest BCUT2D eigenvalue weighted by atomic mass is 35.5. The van der Waals surface area contributed by atoms with Gasteiger partial charge >= 0.3 is 6.18 Å². The summed E-state index contributed by atoms with van der Waals surface area (Å²) in [4.78, 5) is 14.4. The minimum absolute atomic E-state index is 0.0482. The van der Waals surface area contributed by atoms with Gasteiger partial charge < -0.3 is 4.57 Å². The van der Waals surface area contributed by atoms with Crippen molar-refractivity contribution in [2.24, 2.45) is 7.05 Å². The average molecular weight is 767 g/mol. The second-order valence-electron chi connectivity index (χ2n) is 10.1. The van der Waals surface area contributed by atoms with Gasteiger partial charge in [0.1, 0.15) is 0 Å². The number of carbonyl (C=O) groups is 1. The van der Waals surface area contributed by atoms with Crippen molar-refractivity contribution in [3.8, 4) is 0 Å². The minimum atomic E-state index is -4.60. The zero-order valence-electron chi connectivity index (χ0n) is 25.6. The van der Waals surface area contributed by atoms with Crippen LogP contribution in [0, 0.1) is 13.8 Å². The van der Waals surface area contributed by atoms with Crippen molar-refractivity contribution in [3.63, 3.8) is 0 Å². The summed E-state index contributed by atoms with van der Waals surface area (Å²) in [6.45, 7) is 3.33. The van der Waals surface area contributed by atoms with Gasteiger partial charge in [0, 0.05) is 33.7 Å². The van der Waals surface area contributed by atoms with Crippen LogP contribution in [0.2, 0.25) is 10.0 Å². The molecule has 0 aliphatic heterocycles. The molecule has 0 radical (unpaired) electrons. The number of halogens is 5. The van der Waals surface area contributed by atoms with Gasteiger partial charge in [0.25, 0.3) is 15.9 Å². The van der Waals surface area contributed by atoms with Crippen molar-refractivity contribution in [1.29, 1.82) is 0 Å². The molecule has 10 nitrogen and oxygen atoms in total. The number of rotatable bonds is 7. The number of aryl methyl sites for hydroxylation is 1. The van der Waals surface area contributed by atoms with Crippen LogP contribution in [-0.2, 0) is 23.2 Å². The van der Waals surface area contributed by atoms with E-state index in [-0.39, 0.29) is 16.0 Å². The van der Waals surface area contributed by atoms with Crippen LogP contribution in [0.5, 0.6) is 0 Å². The molecule has 0 saturated carbocycles. The van der Waals surface area contributed by atoms with Crippen LogP contribution in [0.25, 0.3) is 12.2 Å². The van der Waals surface area contributed by atoms with Crippen molar-refractivity contribution in [2.45, 2.75) is 35.0 Å². The molecule has 49 heavy (non-hydrogen) atoms. The smallest absolute Gasteiger partial charge is 0.301 e. The predicted molar refractivity (Wildman–Crippen MR) is 183 cm³/mol. The number of alkyl halides is 3.